The lowest BCUT2D eigenvalue weighted by atomic mass is 10.2. The predicted molar refractivity (Wildman–Crippen MR) is 106 cm³/mol. The molecule has 1 aliphatic heterocycles. The second-order valence-corrected chi connectivity index (χ2v) is 7.85. The van der Waals surface area contributed by atoms with E-state index in [0.29, 0.717) is 17.8 Å². The summed E-state index contributed by atoms with van der Waals surface area (Å²) in [7, 11) is -3.63. The number of benzene rings is 2. The van der Waals surface area contributed by atoms with Gasteiger partial charge >= 0.3 is 0 Å². The predicted octanol–water partition coefficient (Wildman–Crippen LogP) is 3.01. The maximum absolute atomic E-state index is 12.2. The number of ether oxygens (including phenoxy) is 1. The number of hydrogen-bond donors (Lipinski definition) is 2. The van der Waals surface area contributed by atoms with Crippen molar-refractivity contribution in [1.82, 2.24) is 5.32 Å². The topological polar surface area (TPSA) is 84.5 Å². The van der Waals surface area contributed by atoms with E-state index in [4.69, 9.17) is 4.74 Å². The van der Waals surface area contributed by atoms with Crippen LogP contribution < -0.4 is 10.0 Å². The zero-order valence-corrected chi connectivity index (χ0v) is 15.6. The maximum Gasteiger partial charge on any atom is 0.255 e. The van der Waals surface area contributed by atoms with Gasteiger partial charge in [0.15, 0.2) is 0 Å². The molecule has 6 nitrogen and oxygen atoms in total. The Morgan fingerprint density at radius 1 is 1.11 bits per heavy atom. The van der Waals surface area contributed by atoms with Gasteiger partial charge in [0.25, 0.3) is 15.9 Å². The quantitative estimate of drug-likeness (QED) is 0.766. The highest BCUT2D eigenvalue weighted by atomic mass is 32.2. The highest BCUT2D eigenvalue weighted by Crippen LogP contribution is 2.14. The highest BCUT2D eigenvalue weighted by molar-refractivity contribution is 7.95. The Morgan fingerprint density at radius 2 is 1.85 bits per heavy atom. The Hall–Kier alpha value is -2.64. The summed E-state index contributed by atoms with van der Waals surface area (Å²) in [4.78, 5) is 12.1. The first-order valence-corrected chi connectivity index (χ1v) is 10.3. The summed E-state index contributed by atoms with van der Waals surface area (Å²) in [6.45, 7) is 1.23. The molecule has 2 aromatic carbocycles. The van der Waals surface area contributed by atoms with Gasteiger partial charge in [-0.05, 0) is 48.7 Å². The summed E-state index contributed by atoms with van der Waals surface area (Å²) in [5.41, 5.74) is 1.65. The van der Waals surface area contributed by atoms with E-state index in [2.05, 4.69) is 10.0 Å². The summed E-state index contributed by atoms with van der Waals surface area (Å²) in [6.07, 6.45) is 3.58. The van der Waals surface area contributed by atoms with Crippen molar-refractivity contribution in [2.75, 3.05) is 17.9 Å². The molecule has 1 fully saturated rings. The first-order chi connectivity index (χ1) is 13.0. The molecule has 0 aliphatic carbocycles. The Bertz CT molecular complexity index is 887. The molecule has 1 aliphatic rings. The molecule has 1 unspecified atom stereocenters. The van der Waals surface area contributed by atoms with Gasteiger partial charge in [0.1, 0.15) is 0 Å². The van der Waals surface area contributed by atoms with E-state index in [1.165, 1.54) is 6.08 Å². The third-order valence-electron chi connectivity index (χ3n) is 4.16. The Morgan fingerprint density at radius 3 is 2.52 bits per heavy atom. The van der Waals surface area contributed by atoms with Crippen molar-refractivity contribution in [3.8, 4) is 0 Å². The Balaban J connectivity index is 1.56. The third-order valence-corrected chi connectivity index (χ3v) is 5.18. The molecule has 3 rings (SSSR count). The Kier molecular flexibility index (Phi) is 6.26. The molecule has 0 radical (unpaired) electrons. The number of amides is 1. The van der Waals surface area contributed by atoms with Gasteiger partial charge in [0.05, 0.1) is 11.5 Å². The summed E-state index contributed by atoms with van der Waals surface area (Å²) in [5.74, 6) is -0.205. The van der Waals surface area contributed by atoms with Crippen LogP contribution in [0.15, 0.2) is 60.0 Å². The number of carbonyl (C=O) groups excluding carboxylic acids is 1. The molecule has 0 aromatic heterocycles. The molecule has 1 heterocycles. The molecule has 2 N–H and O–H groups in total. The van der Waals surface area contributed by atoms with Crippen LogP contribution >= 0.6 is 0 Å². The molecule has 1 saturated heterocycles. The average Bonchev–Trinajstić information content (AvgIpc) is 3.19. The second kappa shape index (κ2) is 8.83. The largest absolute Gasteiger partial charge is 0.376 e. The number of hydrogen-bond acceptors (Lipinski definition) is 4. The van der Waals surface area contributed by atoms with E-state index < -0.39 is 10.0 Å². The van der Waals surface area contributed by atoms with Crippen molar-refractivity contribution in [2.45, 2.75) is 18.9 Å². The van der Waals surface area contributed by atoms with Gasteiger partial charge < -0.3 is 10.1 Å². The fraction of sp³-hybridized carbons (Fsp3) is 0.250. The van der Waals surface area contributed by atoms with Crippen molar-refractivity contribution in [2.24, 2.45) is 0 Å². The minimum atomic E-state index is -3.63. The smallest absolute Gasteiger partial charge is 0.255 e. The van der Waals surface area contributed by atoms with Gasteiger partial charge in [-0.3, -0.25) is 9.52 Å². The number of rotatable bonds is 7. The molecular weight excluding hydrogens is 364 g/mol. The van der Waals surface area contributed by atoms with Crippen LogP contribution in [0.5, 0.6) is 0 Å². The van der Waals surface area contributed by atoms with Crippen molar-refractivity contribution >= 4 is 27.7 Å². The lowest BCUT2D eigenvalue weighted by molar-refractivity contribution is 0.0858. The molecule has 0 spiro atoms. The standard InChI is InChI=1S/C20H22N2O4S/c23-20(21-15-19-7-4-13-26-19)17-8-10-18(11-9-17)22-27(24,25)14-12-16-5-2-1-3-6-16/h1-3,5-6,8-12,14,19,22H,4,7,13,15H2,(H,21,23)/b14-12+. The van der Waals surface area contributed by atoms with Crippen LogP contribution in [0.1, 0.15) is 28.8 Å². The van der Waals surface area contributed by atoms with E-state index in [0.717, 1.165) is 30.4 Å². The first kappa shape index (κ1) is 19.1. The monoisotopic (exact) mass is 386 g/mol. The molecule has 1 amide bonds. The maximum atomic E-state index is 12.2. The average molecular weight is 386 g/mol. The summed E-state index contributed by atoms with van der Waals surface area (Å²) < 4.78 is 32.2. The summed E-state index contributed by atoms with van der Waals surface area (Å²) >= 11 is 0. The van der Waals surface area contributed by atoms with Gasteiger partial charge in [-0.15, -0.1) is 0 Å². The van der Waals surface area contributed by atoms with Crippen LogP contribution in [-0.2, 0) is 14.8 Å². The van der Waals surface area contributed by atoms with Gasteiger partial charge in [-0.2, -0.15) is 0 Å². The lowest BCUT2D eigenvalue weighted by Gasteiger charge is -2.11. The molecule has 0 bridgehead atoms. The van der Waals surface area contributed by atoms with Gasteiger partial charge in [0.2, 0.25) is 0 Å². The zero-order valence-electron chi connectivity index (χ0n) is 14.8. The van der Waals surface area contributed by atoms with Crippen molar-refractivity contribution in [3.05, 3.63) is 71.1 Å². The Labute approximate surface area is 159 Å². The van der Waals surface area contributed by atoms with Crippen LogP contribution in [-0.4, -0.2) is 33.6 Å². The number of sulfonamides is 1. The van der Waals surface area contributed by atoms with Crippen molar-refractivity contribution in [1.29, 1.82) is 0 Å². The fourth-order valence-electron chi connectivity index (χ4n) is 2.73. The SMILES string of the molecule is O=C(NCC1CCCO1)c1ccc(NS(=O)(=O)/C=C/c2ccccc2)cc1. The van der Waals surface area contributed by atoms with E-state index in [1.54, 1.807) is 24.3 Å². The van der Waals surface area contributed by atoms with Crippen molar-refractivity contribution in [3.63, 3.8) is 0 Å². The first-order valence-electron chi connectivity index (χ1n) is 8.78. The molecule has 142 valence electrons. The second-order valence-electron chi connectivity index (χ2n) is 6.28. The molecule has 7 heteroatoms. The fourth-order valence-corrected chi connectivity index (χ4v) is 3.60. The van der Waals surface area contributed by atoms with Crippen LogP contribution in [0.25, 0.3) is 6.08 Å². The van der Waals surface area contributed by atoms with Gasteiger partial charge in [-0.25, -0.2) is 8.42 Å². The van der Waals surface area contributed by atoms with Crippen molar-refractivity contribution < 1.29 is 17.9 Å². The molecule has 2 aromatic rings. The molecule has 1 atom stereocenters. The number of carbonyl (C=O) groups is 1. The lowest BCUT2D eigenvalue weighted by Crippen LogP contribution is -2.31. The van der Waals surface area contributed by atoms with Crippen LogP contribution in [0.4, 0.5) is 5.69 Å². The van der Waals surface area contributed by atoms with E-state index in [1.807, 2.05) is 30.3 Å². The van der Waals surface area contributed by atoms with Crippen LogP contribution in [0.2, 0.25) is 0 Å². The zero-order chi connectivity index (χ0) is 19.1. The molecule has 0 saturated carbocycles. The minimum absolute atomic E-state index is 0.0800. The molecule has 27 heavy (non-hydrogen) atoms. The van der Waals surface area contributed by atoms with Crippen LogP contribution in [0.3, 0.4) is 0 Å². The van der Waals surface area contributed by atoms with E-state index in [9.17, 15) is 13.2 Å². The summed E-state index contributed by atoms with van der Waals surface area (Å²) in [5, 5.41) is 3.95. The number of nitrogens with one attached hydrogen (secondary N) is 2. The third kappa shape index (κ3) is 5.94. The highest BCUT2D eigenvalue weighted by Gasteiger charge is 2.16. The van der Waals surface area contributed by atoms with E-state index >= 15 is 0 Å². The van der Waals surface area contributed by atoms with E-state index in [-0.39, 0.29) is 12.0 Å². The van der Waals surface area contributed by atoms with Gasteiger partial charge in [0, 0.05) is 24.4 Å². The van der Waals surface area contributed by atoms with Gasteiger partial charge in [-0.1, -0.05) is 30.3 Å². The number of anilines is 1. The van der Waals surface area contributed by atoms with Crippen LogP contribution in [0, 0.1) is 0 Å². The normalized spacial score (nSPS) is 17.1. The minimum Gasteiger partial charge on any atom is -0.376 e. The summed E-state index contributed by atoms with van der Waals surface area (Å²) in [6, 6.07) is 15.5. The molecular formula is C20H22N2O4S.